The van der Waals surface area contributed by atoms with Crippen molar-refractivity contribution in [1.29, 1.82) is 0 Å². The van der Waals surface area contributed by atoms with Crippen molar-refractivity contribution in [2.45, 2.75) is 20.8 Å². The summed E-state index contributed by atoms with van der Waals surface area (Å²) in [7, 11) is 3.22. The van der Waals surface area contributed by atoms with Crippen LogP contribution < -0.4 is 4.74 Å². The summed E-state index contributed by atoms with van der Waals surface area (Å²) in [6.45, 7) is 8.78. The van der Waals surface area contributed by atoms with E-state index < -0.39 is 0 Å². The molecule has 1 aliphatic heterocycles. The first-order valence-corrected chi connectivity index (χ1v) is 10.0. The molecule has 0 fully saturated rings. The van der Waals surface area contributed by atoms with E-state index in [0.717, 1.165) is 5.75 Å². The van der Waals surface area contributed by atoms with Crippen LogP contribution in [0.25, 0.3) is 5.57 Å². The Morgan fingerprint density at radius 1 is 0.966 bits per heavy atom. The second-order valence-electron chi connectivity index (χ2n) is 7.28. The van der Waals surface area contributed by atoms with Gasteiger partial charge in [0.05, 0.1) is 25.4 Å². The summed E-state index contributed by atoms with van der Waals surface area (Å²) in [6.07, 6.45) is 0. The normalized spacial score (nSPS) is 14.3. The van der Waals surface area contributed by atoms with Gasteiger partial charge in [0.15, 0.2) is 0 Å². The van der Waals surface area contributed by atoms with E-state index in [1.54, 1.807) is 21.1 Å². The van der Waals surface area contributed by atoms with Gasteiger partial charge in [0.25, 0.3) is 11.8 Å². The van der Waals surface area contributed by atoms with Gasteiger partial charge in [0.2, 0.25) is 0 Å². The fraction of sp³-hybridized carbons (Fsp3) is 0.545. The molecule has 7 nitrogen and oxygen atoms in total. The third kappa shape index (κ3) is 5.58. The van der Waals surface area contributed by atoms with E-state index in [4.69, 9.17) is 14.2 Å². The van der Waals surface area contributed by atoms with Crippen molar-refractivity contribution in [2.75, 3.05) is 53.7 Å². The number of carbonyl (C=O) groups is 2. The van der Waals surface area contributed by atoms with Crippen molar-refractivity contribution >= 4 is 17.4 Å². The van der Waals surface area contributed by atoms with Gasteiger partial charge in [0.1, 0.15) is 11.4 Å². The summed E-state index contributed by atoms with van der Waals surface area (Å²) in [5, 5.41) is 0. The van der Waals surface area contributed by atoms with E-state index in [9.17, 15) is 9.59 Å². The van der Waals surface area contributed by atoms with E-state index in [2.05, 4.69) is 13.8 Å². The minimum atomic E-state index is -0.278. The zero-order chi connectivity index (χ0) is 21.4. The zero-order valence-corrected chi connectivity index (χ0v) is 18.1. The van der Waals surface area contributed by atoms with E-state index in [1.807, 2.05) is 29.2 Å². The van der Waals surface area contributed by atoms with Gasteiger partial charge >= 0.3 is 0 Å². The zero-order valence-electron chi connectivity index (χ0n) is 18.1. The van der Waals surface area contributed by atoms with Gasteiger partial charge in [-0.05, 0) is 30.5 Å². The first-order chi connectivity index (χ1) is 13.9. The molecule has 7 heteroatoms. The third-order valence-electron chi connectivity index (χ3n) is 4.63. The van der Waals surface area contributed by atoms with E-state index in [0.29, 0.717) is 62.2 Å². The van der Waals surface area contributed by atoms with Gasteiger partial charge in [0, 0.05) is 33.9 Å². The summed E-state index contributed by atoms with van der Waals surface area (Å²) in [6, 6.07) is 7.34. The number of benzene rings is 1. The van der Waals surface area contributed by atoms with Crippen LogP contribution in [0.3, 0.4) is 0 Å². The average Bonchev–Trinajstić information content (AvgIpc) is 2.96. The molecule has 1 heterocycles. The molecule has 0 aliphatic carbocycles. The van der Waals surface area contributed by atoms with Crippen LogP contribution in [-0.4, -0.2) is 75.3 Å². The number of ether oxygens (including phenoxy) is 3. The SMILES string of the molecule is CCN1C(=O)C(c2ccc(OCC(C)C)cc2)=C(N(CCOC)CCOC)C1=O. The molecule has 0 saturated carbocycles. The number of hydrogen-bond donors (Lipinski definition) is 0. The Hall–Kier alpha value is -2.38. The molecule has 0 unspecified atom stereocenters. The number of rotatable bonds is 12. The lowest BCUT2D eigenvalue weighted by Crippen LogP contribution is -2.37. The minimum Gasteiger partial charge on any atom is -0.493 e. The second kappa shape index (κ2) is 11.0. The summed E-state index contributed by atoms with van der Waals surface area (Å²) in [4.78, 5) is 29.2. The first kappa shape index (κ1) is 22.9. The largest absolute Gasteiger partial charge is 0.493 e. The molecular weight excluding hydrogens is 372 g/mol. The van der Waals surface area contributed by atoms with Crippen LogP contribution in [0, 0.1) is 5.92 Å². The molecule has 2 rings (SSSR count). The van der Waals surface area contributed by atoms with Crippen molar-refractivity contribution in [3.63, 3.8) is 0 Å². The molecule has 1 aliphatic rings. The molecule has 29 heavy (non-hydrogen) atoms. The predicted octanol–water partition coefficient (Wildman–Crippen LogP) is 2.42. The van der Waals surface area contributed by atoms with Gasteiger partial charge in [-0.1, -0.05) is 26.0 Å². The van der Waals surface area contributed by atoms with Crippen molar-refractivity contribution in [3.05, 3.63) is 35.5 Å². The average molecular weight is 405 g/mol. The monoisotopic (exact) mass is 404 g/mol. The van der Waals surface area contributed by atoms with Crippen molar-refractivity contribution in [2.24, 2.45) is 5.92 Å². The third-order valence-corrected chi connectivity index (χ3v) is 4.63. The summed E-state index contributed by atoms with van der Waals surface area (Å²) in [5.74, 6) is 0.610. The number of methoxy groups -OCH3 is 2. The van der Waals surface area contributed by atoms with Crippen LogP contribution in [0.2, 0.25) is 0 Å². The van der Waals surface area contributed by atoms with E-state index in [-0.39, 0.29) is 11.8 Å². The van der Waals surface area contributed by atoms with Gasteiger partial charge in [-0.3, -0.25) is 14.5 Å². The Kier molecular flexibility index (Phi) is 8.67. The summed E-state index contributed by atoms with van der Waals surface area (Å²) >= 11 is 0. The van der Waals surface area contributed by atoms with E-state index in [1.165, 1.54) is 4.90 Å². The Morgan fingerprint density at radius 3 is 2.03 bits per heavy atom. The van der Waals surface area contributed by atoms with Gasteiger partial charge < -0.3 is 19.1 Å². The van der Waals surface area contributed by atoms with Crippen LogP contribution in [0.1, 0.15) is 26.3 Å². The molecule has 2 amide bonds. The maximum Gasteiger partial charge on any atom is 0.277 e. The Bertz CT molecular complexity index is 719. The molecule has 1 aromatic carbocycles. The molecule has 0 bridgehead atoms. The Labute approximate surface area is 173 Å². The van der Waals surface area contributed by atoms with Gasteiger partial charge in [-0.2, -0.15) is 0 Å². The maximum atomic E-state index is 13.0. The summed E-state index contributed by atoms with van der Waals surface area (Å²) in [5.41, 5.74) is 1.52. The molecule has 0 atom stereocenters. The molecule has 0 saturated heterocycles. The lowest BCUT2D eigenvalue weighted by Gasteiger charge is -2.25. The van der Waals surface area contributed by atoms with Crippen LogP contribution in [0.15, 0.2) is 30.0 Å². The highest BCUT2D eigenvalue weighted by molar-refractivity contribution is 6.35. The highest BCUT2D eigenvalue weighted by Crippen LogP contribution is 2.32. The topological polar surface area (TPSA) is 68.3 Å². The fourth-order valence-electron chi connectivity index (χ4n) is 3.12. The number of hydrogen-bond acceptors (Lipinski definition) is 6. The number of nitrogens with zero attached hydrogens (tertiary/aromatic N) is 2. The standard InChI is InChI=1S/C22H32N2O5/c1-6-24-21(25)19(17-7-9-18(10-8-17)29-15-16(2)3)20(22(24)26)23(11-13-27-4)12-14-28-5/h7-10,16H,6,11-15H2,1-5H3. The van der Waals surface area contributed by atoms with Crippen LogP contribution >= 0.6 is 0 Å². The Morgan fingerprint density at radius 2 is 1.55 bits per heavy atom. The van der Waals surface area contributed by atoms with Crippen molar-refractivity contribution < 1.29 is 23.8 Å². The first-order valence-electron chi connectivity index (χ1n) is 10.0. The van der Waals surface area contributed by atoms with Crippen molar-refractivity contribution in [3.8, 4) is 5.75 Å². The molecule has 0 N–H and O–H groups in total. The Balaban J connectivity index is 2.42. The minimum absolute atomic E-state index is 0.275. The number of amides is 2. The van der Waals surface area contributed by atoms with Crippen LogP contribution in [-0.2, 0) is 19.1 Å². The highest BCUT2D eigenvalue weighted by Gasteiger charge is 2.40. The van der Waals surface area contributed by atoms with Gasteiger partial charge in [-0.15, -0.1) is 0 Å². The molecule has 0 radical (unpaired) electrons. The van der Waals surface area contributed by atoms with E-state index >= 15 is 0 Å². The fourth-order valence-corrected chi connectivity index (χ4v) is 3.12. The second-order valence-corrected chi connectivity index (χ2v) is 7.28. The molecule has 0 spiro atoms. The molecule has 160 valence electrons. The predicted molar refractivity (Wildman–Crippen MR) is 111 cm³/mol. The lowest BCUT2D eigenvalue weighted by atomic mass is 10.0. The van der Waals surface area contributed by atoms with Crippen LogP contribution in [0.5, 0.6) is 5.75 Å². The van der Waals surface area contributed by atoms with Crippen LogP contribution in [0.4, 0.5) is 0 Å². The number of imide groups is 1. The number of carbonyl (C=O) groups excluding carboxylic acids is 2. The smallest absolute Gasteiger partial charge is 0.277 e. The quantitative estimate of drug-likeness (QED) is 0.499. The maximum absolute atomic E-state index is 13.0. The highest BCUT2D eigenvalue weighted by atomic mass is 16.5. The summed E-state index contributed by atoms with van der Waals surface area (Å²) < 4.78 is 16.1. The molecule has 0 aromatic heterocycles. The van der Waals surface area contributed by atoms with Crippen molar-refractivity contribution in [1.82, 2.24) is 9.80 Å². The van der Waals surface area contributed by atoms with Gasteiger partial charge in [-0.25, -0.2) is 0 Å². The number of likely N-dealkylation sites (N-methyl/N-ethyl adjacent to an activating group) is 1. The molecule has 1 aromatic rings. The molecular formula is C22H32N2O5. The lowest BCUT2D eigenvalue weighted by molar-refractivity contribution is -0.137.